The summed E-state index contributed by atoms with van der Waals surface area (Å²) < 4.78 is 5.04. The topological polar surface area (TPSA) is 77.0 Å². The van der Waals surface area contributed by atoms with Crippen molar-refractivity contribution in [2.45, 2.75) is 13.5 Å². The van der Waals surface area contributed by atoms with Crippen molar-refractivity contribution in [3.63, 3.8) is 0 Å². The number of aryl methyl sites for hydroxylation is 1. The third-order valence-electron chi connectivity index (χ3n) is 2.06. The number of halogens is 2. The number of rotatable bonds is 3. The standard InChI is InChI=1S/C10H10Cl2N4O/c1-5-2-6(17-16-5)4-14-10-8(12)3-7(11)9(13)15-10/h2-3H,4H2,1H3,(H3,13,14,15). The van der Waals surface area contributed by atoms with Gasteiger partial charge in [-0.05, 0) is 13.0 Å². The Hall–Kier alpha value is -1.46. The van der Waals surface area contributed by atoms with Gasteiger partial charge in [0.25, 0.3) is 0 Å². The number of pyridine rings is 1. The molecule has 2 aromatic heterocycles. The van der Waals surface area contributed by atoms with Crippen LogP contribution in [0.15, 0.2) is 16.7 Å². The Morgan fingerprint density at radius 2 is 2.12 bits per heavy atom. The van der Waals surface area contributed by atoms with Crippen LogP contribution in [0.3, 0.4) is 0 Å². The summed E-state index contributed by atoms with van der Waals surface area (Å²) in [6.07, 6.45) is 0. The lowest BCUT2D eigenvalue weighted by Crippen LogP contribution is -2.03. The van der Waals surface area contributed by atoms with Crippen LogP contribution in [0.2, 0.25) is 10.0 Å². The predicted molar refractivity (Wildman–Crippen MR) is 67.2 cm³/mol. The molecule has 0 saturated heterocycles. The Kier molecular flexibility index (Phi) is 3.40. The van der Waals surface area contributed by atoms with Crippen molar-refractivity contribution >= 4 is 34.8 Å². The summed E-state index contributed by atoms with van der Waals surface area (Å²) in [4.78, 5) is 4.03. The molecule has 7 heteroatoms. The van der Waals surface area contributed by atoms with E-state index in [0.717, 1.165) is 5.69 Å². The van der Waals surface area contributed by atoms with Gasteiger partial charge in [-0.15, -0.1) is 0 Å². The van der Waals surface area contributed by atoms with Crippen LogP contribution >= 0.6 is 23.2 Å². The van der Waals surface area contributed by atoms with Crippen LogP contribution in [-0.4, -0.2) is 10.1 Å². The lowest BCUT2D eigenvalue weighted by molar-refractivity contribution is 0.384. The fraction of sp³-hybridized carbons (Fsp3) is 0.200. The quantitative estimate of drug-likeness (QED) is 0.899. The largest absolute Gasteiger partial charge is 0.382 e. The molecule has 3 N–H and O–H groups in total. The van der Waals surface area contributed by atoms with E-state index in [4.69, 9.17) is 33.5 Å². The molecule has 0 spiro atoms. The molecule has 5 nitrogen and oxygen atoms in total. The first-order valence-electron chi connectivity index (χ1n) is 4.84. The summed E-state index contributed by atoms with van der Waals surface area (Å²) in [5.41, 5.74) is 6.40. The number of hydrogen-bond acceptors (Lipinski definition) is 5. The van der Waals surface area contributed by atoms with Crippen LogP contribution in [0.1, 0.15) is 11.5 Å². The fourth-order valence-corrected chi connectivity index (χ4v) is 1.70. The number of nitrogens with one attached hydrogen (secondary N) is 1. The van der Waals surface area contributed by atoms with Crippen molar-refractivity contribution < 1.29 is 4.52 Å². The van der Waals surface area contributed by atoms with E-state index in [2.05, 4.69) is 15.5 Å². The Labute approximate surface area is 108 Å². The average molecular weight is 273 g/mol. The first-order chi connectivity index (χ1) is 8.06. The Morgan fingerprint density at radius 3 is 2.76 bits per heavy atom. The van der Waals surface area contributed by atoms with Crippen LogP contribution in [0.5, 0.6) is 0 Å². The first-order valence-corrected chi connectivity index (χ1v) is 5.59. The van der Waals surface area contributed by atoms with Crippen LogP contribution in [-0.2, 0) is 6.54 Å². The second-order valence-electron chi connectivity index (χ2n) is 3.47. The molecular weight excluding hydrogens is 263 g/mol. The van der Waals surface area contributed by atoms with E-state index >= 15 is 0 Å². The zero-order chi connectivity index (χ0) is 12.4. The van der Waals surface area contributed by atoms with E-state index in [1.807, 2.05) is 13.0 Å². The van der Waals surface area contributed by atoms with E-state index in [9.17, 15) is 0 Å². The minimum Gasteiger partial charge on any atom is -0.382 e. The van der Waals surface area contributed by atoms with Crippen molar-refractivity contribution in [3.8, 4) is 0 Å². The number of aromatic nitrogens is 2. The number of anilines is 2. The summed E-state index contributed by atoms with van der Waals surface area (Å²) in [7, 11) is 0. The lowest BCUT2D eigenvalue weighted by atomic mass is 10.3. The minimum absolute atomic E-state index is 0.229. The van der Waals surface area contributed by atoms with Crippen molar-refractivity contribution in [1.82, 2.24) is 10.1 Å². The number of hydrogen-bond donors (Lipinski definition) is 2. The number of nitrogens with two attached hydrogens (primary N) is 1. The molecule has 2 aromatic rings. The maximum absolute atomic E-state index is 5.96. The molecule has 0 aliphatic rings. The predicted octanol–water partition coefficient (Wildman–Crippen LogP) is 2.88. The Bertz CT molecular complexity index is 541. The number of nitrogens with zero attached hydrogens (tertiary/aromatic N) is 2. The Balaban J connectivity index is 2.11. The third-order valence-corrected chi connectivity index (χ3v) is 2.65. The smallest absolute Gasteiger partial charge is 0.156 e. The van der Waals surface area contributed by atoms with Gasteiger partial charge in [-0.2, -0.15) is 0 Å². The Morgan fingerprint density at radius 1 is 1.35 bits per heavy atom. The third kappa shape index (κ3) is 2.81. The summed E-state index contributed by atoms with van der Waals surface area (Å²) in [5, 5.41) is 7.50. The van der Waals surface area contributed by atoms with Crippen LogP contribution in [0.25, 0.3) is 0 Å². The summed E-state index contributed by atoms with van der Waals surface area (Å²) in [5.74, 6) is 1.38. The highest BCUT2D eigenvalue weighted by Gasteiger charge is 2.08. The molecule has 0 saturated carbocycles. The molecule has 0 amide bonds. The highest BCUT2D eigenvalue weighted by Crippen LogP contribution is 2.27. The van der Waals surface area contributed by atoms with Gasteiger partial charge >= 0.3 is 0 Å². The highest BCUT2D eigenvalue weighted by atomic mass is 35.5. The highest BCUT2D eigenvalue weighted by molar-refractivity contribution is 6.37. The van der Waals surface area contributed by atoms with Crippen molar-refractivity contribution in [2.75, 3.05) is 11.1 Å². The van der Waals surface area contributed by atoms with Gasteiger partial charge in [0.15, 0.2) is 5.76 Å². The number of nitrogen functional groups attached to an aromatic ring is 1. The van der Waals surface area contributed by atoms with E-state index in [0.29, 0.717) is 28.2 Å². The van der Waals surface area contributed by atoms with Crippen LogP contribution < -0.4 is 11.1 Å². The molecule has 0 radical (unpaired) electrons. The van der Waals surface area contributed by atoms with Crippen molar-refractivity contribution in [1.29, 1.82) is 0 Å². The molecule has 2 rings (SSSR count). The maximum Gasteiger partial charge on any atom is 0.156 e. The second-order valence-corrected chi connectivity index (χ2v) is 4.29. The zero-order valence-electron chi connectivity index (χ0n) is 9.00. The van der Waals surface area contributed by atoms with E-state index in [1.54, 1.807) is 6.07 Å². The SMILES string of the molecule is Cc1cc(CNc2nc(N)c(Cl)cc2Cl)on1. The molecule has 0 aromatic carbocycles. The zero-order valence-corrected chi connectivity index (χ0v) is 10.5. The molecule has 17 heavy (non-hydrogen) atoms. The molecular formula is C10H10Cl2N4O. The van der Waals surface area contributed by atoms with E-state index < -0.39 is 0 Å². The summed E-state index contributed by atoms with van der Waals surface area (Å²) in [6.45, 7) is 2.27. The molecule has 90 valence electrons. The first kappa shape index (κ1) is 12.0. The van der Waals surface area contributed by atoms with Gasteiger partial charge in [0.05, 0.1) is 22.3 Å². The van der Waals surface area contributed by atoms with Crippen LogP contribution in [0, 0.1) is 6.92 Å². The van der Waals surface area contributed by atoms with Gasteiger partial charge in [-0.1, -0.05) is 28.4 Å². The van der Waals surface area contributed by atoms with Gasteiger partial charge in [-0.3, -0.25) is 0 Å². The molecule has 0 aliphatic carbocycles. The lowest BCUT2D eigenvalue weighted by Gasteiger charge is -2.07. The normalized spacial score (nSPS) is 10.5. The monoisotopic (exact) mass is 272 g/mol. The van der Waals surface area contributed by atoms with Crippen molar-refractivity contribution in [2.24, 2.45) is 0 Å². The maximum atomic E-state index is 5.96. The van der Waals surface area contributed by atoms with Gasteiger partial charge in [0.2, 0.25) is 0 Å². The molecule has 0 aliphatic heterocycles. The minimum atomic E-state index is 0.229. The fourth-order valence-electron chi connectivity index (χ4n) is 1.28. The molecule has 0 atom stereocenters. The molecule has 0 bridgehead atoms. The van der Waals surface area contributed by atoms with Crippen molar-refractivity contribution in [3.05, 3.63) is 33.6 Å². The molecule has 0 fully saturated rings. The van der Waals surface area contributed by atoms with Gasteiger partial charge in [0, 0.05) is 6.07 Å². The van der Waals surface area contributed by atoms with Gasteiger partial charge < -0.3 is 15.6 Å². The molecule has 0 unspecified atom stereocenters. The molecule has 2 heterocycles. The van der Waals surface area contributed by atoms with E-state index in [-0.39, 0.29) is 5.82 Å². The summed E-state index contributed by atoms with van der Waals surface area (Å²) in [6, 6.07) is 3.36. The van der Waals surface area contributed by atoms with Crippen LogP contribution in [0.4, 0.5) is 11.6 Å². The van der Waals surface area contributed by atoms with Gasteiger partial charge in [0.1, 0.15) is 11.6 Å². The van der Waals surface area contributed by atoms with Gasteiger partial charge in [-0.25, -0.2) is 4.98 Å². The van der Waals surface area contributed by atoms with E-state index in [1.165, 1.54) is 0 Å². The second kappa shape index (κ2) is 4.81. The summed E-state index contributed by atoms with van der Waals surface area (Å²) >= 11 is 11.7. The average Bonchev–Trinajstić information content (AvgIpc) is 2.68.